The van der Waals surface area contributed by atoms with Crippen LogP contribution in [0.1, 0.15) is 42.0 Å². The van der Waals surface area contributed by atoms with Crippen LogP contribution in [0, 0.1) is 5.82 Å². The van der Waals surface area contributed by atoms with E-state index in [2.05, 4.69) is 22.2 Å². The third-order valence-electron chi connectivity index (χ3n) is 7.17. The number of nitrogens with one attached hydrogen (secondary N) is 2. The Balaban J connectivity index is 1.33. The Hall–Kier alpha value is -2.45. The van der Waals surface area contributed by atoms with Gasteiger partial charge >= 0.3 is 0 Å². The molecule has 0 saturated heterocycles. The lowest BCUT2D eigenvalue weighted by Crippen LogP contribution is -2.49. The van der Waals surface area contributed by atoms with Crippen molar-refractivity contribution in [1.82, 2.24) is 10.0 Å². The molecular formula is C27H28ClFN2O3S. The predicted octanol–water partition coefficient (Wildman–Crippen LogP) is 5.15. The van der Waals surface area contributed by atoms with Crippen LogP contribution in [-0.4, -0.2) is 28.1 Å². The molecule has 2 aliphatic rings. The molecule has 0 amide bonds. The Morgan fingerprint density at radius 2 is 1.83 bits per heavy atom. The van der Waals surface area contributed by atoms with Gasteiger partial charge in [0.2, 0.25) is 10.0 Å². The highest BCUT2D eigenvalue weighted by Gasteiger charge is 2.47. The van der Waals surface area contributed by atoms with E-state index in [-0.39, 0.29) is 35.3 Å². The number of hydrogen-bond donors (Lipinski definition) is 2. The van der Waals surface area contributed by atoms with E-state index in [4.69, 9.17) is 16.3 Å². The fraction of sp³-hybridized carbons (Fsp3) is 0.333. The molecule has 8 heteroatoms. The van der Waals surface area contributed by atoms with Crippen molar-refractivity contribution in [2.45, 2.75) is 42.0 Å². The molecular weight excluding hydrogens is 487 g/mol. The molecule has 1 aliphatic carbocycles. The summed E-state index contributed by atoms with van der Waals surface area (Å²) in [7, 11) is -3.64. The molecule has 35 heavy (non-hydrogen) atoms. The van der Waals surface area contributed by atoms with E-state index in [0.29, 0.717) is 5.02 Å². The molecule has 1 heterocycles. The van der Waals surface area contributed by atoms with Crippen molar-refractivity contribution < 1.29 is 17.5 Å². The van der Waals surface area contributed by atoms with Crippen molar-refractivity contribution in [2.75, 3.05) is 19.7 Å². The van der Waals surface area contributed by atoms with Crippen LogP contribution in [0.4, 0.5) is 4.39 Å². The monoisotopic (exact) mass is 514 g/mol. The topological polar surface area (TPSA) is 67.4 Å². The van der Waals surface area contributed by atoms with Crippen LogP contribution in [0.5, 0.6) is 5.75 Å². The van der Waals surface area contributed by atoms with Gasteiger partial charge in [-0.15, -0.1) is 0 Å². The molecule has 1 unspecified atom stereocenters. The average molecular weight is 515 g/mol. The fourth-order valence-electron chi connectivity index (χ4n) is 5.26. The Kier molecular flexibility index (Phi) is 6.86. The van der Waals surface area contributed by atoms with E-state index in [1.807, 2.05) is 12.1 Å². The lowest BCUT2D eigenvalue weighted by molar-refractivity contribution is 0.164. The molecule has 1 atom stereocenters. The van der Waals surface area contributed by atoms with E-state index >= 15 is 0 Å². The first kappa shape index (κ1) is 24.3. The Bertz CT molecular complexity index is 1300. The normalized spacial score (nSPS) is 19.0. The summed E-state index contributed by atoms with van der Waals surface area (Å²) in [6.07, 6.45) is 3.97. The number of hydrogen-bond acceptors (Lipinski definition) is 4. The summed E-state index contributed by atoms with van der Waals surface area (Å²) in [4.78, 5) is 0.182. The lowest BCUT2D eigenvalue weighted by Gasteiger charge is -2.50. The van der Waals surface area contributed by atoms with Gasteiger partial charge in [-0.1, -0.05) is 48.4 Å². The molecule has 5 nitrogen and oxygen atoms in total. The van der Waals surface area contributed by atoms with Gasteiger partial charge in [-0.3, -0.25) is 0 Å². The number of fused-ring (bicyclic) bond motifs is 1. The molecule has 0 radical (unpaired) electrons. The largest absolute Gasteiger partial charge is 0.489 e. The molecule has 0 aromatic heterocycles. The van der Waals surface area contributed by atoms with E-state index in [1.54, 1.807) is 30.3 Å². The first-order valence-corrected chi connectivity index (χ1v) is 13.7. The molecule has 0 bridgehead atoms. The first-order valence-electron chi connectivity index (χ1n) is 11.9. The van der Waals surface area contributed by atoms with Crippen molar-refractivity contribution in [3.8, 4) is 5.75 Å². The molecule has 184 valence electrons. The smallest absolute Gasteiger partial charge is 0.240 e. The third kappa shape index (κ3) is 4.83. The summed E-state index contributed by atoms with van der Waals surface area (Å²) < 4.78 is 47.9. The zero-order valence-electron chi connectivity index (χ0n) is 19.3. The minimum absolute atomic E-state index is 0.0161. The van der Waals surface area contributed by atoms with E-state index < -0.39 is 15.8 Å². The third-order valence-corrected chi connectivity index (χ3v) is 8.90. The van der Waals surface area contributed by atoms with Gasteiger partial charge in [0.1, 0.15) is 6.61 Å². The van der Waals surface area contributed by atoms with E-state index in [1.165, 1.54) is 17.7 Å². The molecule has 0 spiro atoms. The molecule has 5 rings (SSSR count). The van der Waals surface area contributed by atoms with Crippen molar-refractivity contribution >= 4 is 21.6 Å². The summed E-state index contributed by atoms with van der Waals surface area (Å²) in [6, 6.07) is 19.6. The van der Waals surface area contributed by atoms with Crippen LogP contribution in [0.2, 0.25) is 5.02 Å². The van der Waals surface area contributed by atoms with Crippen molar-refractivity contribution in [3.63, 3.8) is 0 Å². The SMILES string of the molecule is O=S(=O)(NCCOc1cc2c(cc1F)CCNC2C1(c2ccc(Cl)cc2)CCC1)c1ccccc1. The van der Waals surface area contributed by atoms with Crippen LogP contribution >= 0.6 is 11.6 Å². The highest BCUT2D eigenvalue weighted by molar-refractivity contribution is 7.89. The molecule has 1 aliphatic heterocycles. The number of halogens is 2. The zero-order valence-corrected chi connectivity index (χ0v) is 20.8. The quantitative estimate of drug-likeness (QED) is 0.408. The van der Waals surface area contributed by atoms with Crippen LogP contribution < -0.4 is 14.8 Å². The second-order valence-corrected chi connectivity index (χ2v) is 11.4. The van der Waals surface area contributed by atoms with Gasteiger partial charge in [-0.05, 0) is 78.9 Å². The second kappa shape index (κ2) is 9.90. The van der Waals surface area contributed by atoms with Crippen LogP contribution in [0.25, 0.3) is 0 Å². The Morgan fingerprint density at radius 1 is 1.09 bits per heavy atom. The van der Waals surface area contributed by atoms with Crippen LogP contribution in [-0.2, 0) is 21.9 Å². The molecule has 1 fully saturated rings. The van der Waals surface area contributed by atoms with Gasteiger partial charge < -0.3 is 10.1 Å². The Labute approximate surface area is 210 Å². The van der Waals surface area contributed by atoms with Crippen molar-refractivity contribution in [1.29, 1.82) is 0 Å². The van der Waals surface area contributed by atoms with Crippen LogP contribution in [0.15, 0.2) is 71.6 Å². The summed E-state index contributed by atoms with van der Waals surface area (Å²) in [5.41, 5.74) is 3.21. The van der Waals surface area contributed by atoms with Gasteiger partial charge in [0.05, 0.1) is 4.90 Å². The van der Waals surface area contributed by atoms with Crippen LogP contribution in [0.3, 0.4) is 0 Å². The van der Waals surface area contributed by atoms with E-state index in [9.17, 15) is 12.8 Å². The summed E-state index contributed by atoms with van der Waals surface area (Å²) >= 11 is 6.13. The summed E-state index contributed by atoms with van der Waals surface area (Å²) in [6.45, 7) is 0.834. The molecule has 2 N–H and O–H groups in total. The number of ether oxygens (including phenoxy) is 1. The van der Waals surface area contributed by atoms with Gasteiger partial charge in [-0.25, -0.2) is 17.5 Å². The van der Waals surface area contributed by atoms with Gasteiger partial charge in [0.15, 0.2) is 11.6 Å². The highest BCUT2D eigenvalue weighted by atomic mass is 35.5. The summed E-state index contributed by atoms with van der Waals surface area (Å²) in [5.74, 6) is -0.286. The number of benzene rings is 3. The van der Waals surface area contributed by atoms with E-state index in [0.717, 1.165) is 43.4 Å². The predicted molar refractivity (Wildman–Crippen MR) is 135 cm³/mol. The fourth-order valence-corrected chi connectivity index (χ4v) is 6.42. The van der Waals surface area contributed by atoms with Gasteiger partial charge in [0.25, 0.3) is 0 Å². The van der Waals surface area contributed by atoms with Crippen molar-refractivity contribution in [2.24, 2.45) is 0 Å². The highest BCUT2D eigenvalue weighted by Crippen LogP contribution is 2.54. The molecule has 1 saturated carbocycles. The maximum atomic E-state index is 14.9. The molecule has 3 aromatic carbocycles. The number of sulfonamides is 1. The average Bonchev–Trinajstić information content (AvgIpc) is 2.83. The minimum Gasteiger partial charge on any atom is -0.489 e. The maximum absolute atomic E-state index is 14.9. The minimum atomic E-state index is -3.64. The standard InChI is InChI=1S/C27H28ClFN2O3S/c28-21-9-7-20(8-10-21)27(12-4-13-27)26-23-18-25(24(29)17-19(23)11-14-30-26)34-16-15-31-35(32,33)22-5-2-1-3-6-22/h1-3,5-10,17-18,26,30-31H,4,11-16H2. The maximum Gasteiger partial charge on any atom is 0.240 e. The zero-order chi connectivity index (χ0) is 24.5. The summed E-state index contributed by atoms with van der Waals surface area (Å²) in [5, 5.41) is 4.39. The van der Waals surface area contributed by atoms with Gasteiger partial charge in [0, 0.05) is 23.0 Å². The second-order valence-electron chi connectivity index (χ2n) is 9.19. The Morgan fingerprint density at radius 3 is 2.51 bits per heavy atom. The van der Waals surface area contributed by atoms with Crippen molar-refractivity contribution in [3.05, 3.63) is 94.3 Å². The lowest BCUT2D eigenvalue weighted by atomic mass is 9.58. The number of rotatable bonds is 8. The van der Waals surface area contributed by atoms with Gasteiger partial charge in [-0.2, -0.15) is 0 Å². The first-order chi connectivity index (χ1) is 16.9. The molecule has 3 aromatic rings.